The molecule has 0 aliphatic heterocycles. The molecule has 38 heavy (non-hydrogen) atoms. The van der Waals surface area contributed by atoms with E-state index in [1.807, 2.05) is 60.7 Å². The highest BCUT2D eigenvalue weighted by molar-refractivity contribution is 7.99. The molecule has 1 amide bonds. The van der Waals surface area contributed by atoms with Crippen LogP contribution in [0.5, 0.6) is 0 Å². The lowest BCUT2D eigenvalue weighted by Gasteiger charge is -2.29. The predicted octanol–water partition coefficient (Wildman–Crippen LogP) is 7.05. The molecule has 4 rings (SSSR count). The molecule has 6 nitrogen and oxygen atoms in total. The average molecular weight is 522 g/mol. The van der Waals surface area contributed by atoms with Crippen molar-refractivity contribution in [2.45, 2.75) is 29.7 Å². The molecule has 0 saturated heterocycles. The van der Waals surface area contributed by atoms with Crippen LogP contribution in [-0.2, 0) is 9.53 Å². The first-order valence-corrected chi connectivity index (χ1v) is 12.9. The predicted molar refractivity (Wildman–Crippen MR) is 151 cm³/mol. The largest absolute Gasteiger partial charge is 0.452 e. The summed E-state index contributed by atoms with van der Waals surface area (Å²) in [7, 11) is 0. The van der Waals surface area contributed by atoms with Crippen LogP contribution in [0.4, 0.5) is 17.1 Å². The summed E-state index contributed by atoms with van der Waals surface area (Å²) < 4.78 is 5.31. The standard InChI is InChI=1S/C31H27N3O3S/c1-22(2)34(25-11-4-3-5-12-25)26-18-16-24(17-19-26)33-30(35)21-37-31(36)27-13-7-9-15-29(27)38-28-14-8-6-10-23(28)20-32/h3-19,22H,21H2,1-2H3,(H,33,35). The van der Waals surface area contributed by atoms with E-state index >= 15 is 0 Å². The maximum atomic E-state index is 12.8. The second-order valence-electron chi connectivity index (χ2n) is 8.68. The number of anilines is 3. The zero-order valence-corrected chi connectivity index (χ0v) is 21.9. The molecule has 0 bridgehead atoms. The number of carbonyl (C=O) groups is 2. The van der Waals surface area contributed by atoms with Gasteiger partial charge >= 0.3 is 5.97 Å². The van der Waals surface area contributed by atoms with Crippen molar-refractivity contribution in [3.8, 4) is 6.07 Å². The van der Waals surface area contributed by atoms with Crippen LogP contribution in [0.2, 0.25) is 0 Å². The maximum absolute atomic E-state index is 12.8. The maximum Gasteiger partial charge on any atom is 0.339 e. The first kappa shape index (κ1) is 26.5. The van der Waals surface area contributed by atoms with Crippen LogP contribution in [0.25, 0.3) is 0 Å². The topological polar surface area (TPSA) is 82.4 Å². The van der Waals surface area contributed by atoms with E-state index in [4.69, 9.17) is 4.74 Å². The van der Waals surface area contributed by atoms with Crippen molar-refractivity contribution in [1.82, 2.24) is 0 Å². The van der Waals surface area contributed by atoms with Crippen LogP contribution in [0, 0.1) is 11.3 Å². The fourth-order valence-electron chi connectivity index (χ4n) is 3.94. The van der Waals surface area contributed by atoms with Gasteiger partial charge in [-0.25, -0.2) is 4.79 Å². The molecule has 4 aromatic carbocycles. The SMILES string of the molecule is CC(C)N(c1ccccc1)c1ccc(NC(=O)COC(=O)c2ccccc2Sc2ccccc2C#N)cc1. The minimum atomic E-state index is -0.608. The van der Waals surface area contributed by atoms with Gasteiger partial charge in [-0.05, 0) is 74.5 Å². The molecule has 0 fully saturated rings. The molecule has 0 spiro atoms. The second kappa shape index (κ2) is 12.6. The average Bonchev–Trinajstić information content (AvgIpc) is 2.94. The van der Waals surface area contributed by atoms with Crippen molar-refractivity contribution in [2.24, 2.45) is 0 Å². The van der Waals surface area contributed by atoms with Crippen LogP contribution in [0.15, 0.2) is 113 Å². The van der Waals surface area contributed by atoms with Gasteiger partial charge in [0, 0.05) is 32.9 Å². The van der Waals surface area contributed by atoms with E-state index in [1.165, 1.54) is 11.8 Å². The number of esters is 1. The molecule has 190 valence electrons. The Balaban J connectivity index is 1.37. The Hall–Kier alpha value is -4.54. The highest BCUT2D eigenvalue weighted by Gasteiger charge is 2.17. The van der Waals surface area contributed by atoms with E-state index < -0.39 is 18.5 Å². The molecule has 0 unspecified atom stereocenters. The molecule has 4 aromatic rings. The summed E-state index contributed by atoms with van der Waals surface area (Å²) >= 11 is 1.31. The quantitative estimate of drug-likeness (QED) is 0.238. The van der Waals surface area contributed by atoms with Crippen molar-refractivity contribution in [3.63, 3.8) is 0 Å². The number of para-hydroxylation sites is 1. The van der Waals surface area contributed by atoms with E-state index in [9.17, 15) is 14.9 Å². The van der Waals surface area contributed by atoms with Gasteiger partial charge in [-0.1, -0.05) is 54.2 Å². The molecule has 0 aliphatic carbocycles. The minimum absolute atomic E-state index is 0.242. The third kappa shape index (κ3) is 6.61. The number of nitriles is 1. The molecule has 0 aliphatic rings. The molecule has 0 saturated carbocycles. The summed E-state index contributed by atoms with van der Waals surface area (Å²) in [6.45, 7) is 3.82. The Morgan fingerprint density at radius 3 is 2.13 bits per heavy atom. The Labute approximate surface area is 226 Å². The normalized spacial score (nSPS) is 10.5. The molecule has 0 radical (unpaired) electrons. The summed E-state index contributed by atoms with van der Waals surface area (Å²) in [6.07, 6.45) is 0. The zero-order valence-electron chi connectivity index (χ0n) is 21.1. The Morgan fingerprint density at radius 2 is 1.45 bits per heavy atom. The number of nitrogens with one attached hydrogen (secondary N) is 1. The van der Waals surface area contributed by atoms with Crippen LogP contribution in [0.3, 0.4) is 0 Å². The van der Waals surface area contributed by atoms with Gasteiger partial charge in [0.15, 0.2) is 6.61 Å². The van der Waals surface area contributed by atoms with Gasteiger partial charge in [0.2, 0.25) is 0 Å². The van der Waals surface area contributed by atoms with Crippen molar-refractivity contribution >= 4 is 40.7 Å². The van der Waals surface area contributed by atoms with Gasteiger partial charge in [-0.15, -0.1) is 0 Å². The molecular formula is C31H27N3O3S. The summed E-state index contributed by atoms with van der Waals surface area (Å²) in [5.41, 5.74) is 3.54. The monoisotopic (exact) mass is 521 g/mol. The molecule has 0 atom stereocenters. The van der Waals surface area contributed by atoms with Gasteiger partial charge in [-0.3, -0.25) is 4.79 Å². The lowest BCUT2D eigenvalue weighted by molar-refractivity contribution is -0.119. The highest BCUT2D eigenvalue weighted by Crippen LogP contribution is 2.33. The van der Waals surface area contributed by atoms with E-state index in [0.29, 0.717) is 21.7 Å². The summed E-state index contributed by atoms with van der Waals surface area (Å²) in [4.78, 5) is 28.9. The first-order valence-electron chi connectivity index (χ1n) is 12.1. The van der Waals surface area contributed by atoms with Gasteiger partial charge in [-0.2, -0.15) is 5.26 Å². The van der Waals surface area contributed by atoms with E-state index in [-0.39, 0.29) is 6.04 Å². The smallest absolute Gasteiger partial charge is 0.339 e. The molecule has 0 heterocycles. The summed E-state index contributed by atoms with van der Waals surface area (Å²) in [6, 6.07) is 34.2. The van der Waals surface area contributed by atoms with Crippen molar-refractivity contribution in [1.29, 1.82) is 5.26 Å². The Kier molecular flexibility index (Phi) is 8.81. The summed E-state index contributed by atoms with van der Waals surface area (Å²) in [5.74, 6) is -1.04. The lowest BCUT2D eigenvalue weighted by Crippen LogP contribution is -2.25. The van der Waals surface area contributed by atoms with Crippen molar-refractivity contribution < 1.29 is 14.3 Å². The number of ether oxygens (including phenoxy) is 1. The van der Waals surface area contributed by atoms with Gasteiger partial charge < -0.3 is 15.0 Å². The number of rotatable bonds is 9. The summed E-state index contributed by atoms with van der Waals surface area (Å²) in [5, 5.41) is 12.1. The van der Waals surface area contributed by atoms with Crippen molar-refractivity contribution in [3.05, 3.63) is 114 Å². The van der Waals surface area contributed by atoms with Crippen molar-refractivity contribution in [2.75, 3.05) is 16.8 Å². The molecule has 7 heteroatoms. The first-order chi connectivity index (χ1) is 18.5. The number of nitrogens with zero attached hydrogens (tertiary/aromatic N) is 2. The van der Waals surface area contributed by atoms with E-state index in [1.54, 1.807) is 30.3 Å². The van der Waals surface area contributed by atoms with Crippen LogP contribution in [-0.4, -0.2) is 24.5 Å². The van der Waals surface area contributed by atoms with Gasteiger partial charge in [0.25, 0.3) is 5.91 Å². The van der Waals surface area contributed by atoms with Gasteiger partial charge in [0.1, 0.15) is 6.07 Å². The van der Waals surface area contributed by atoms with E-state index in [2.05, 4.69) is 42.3 Å². The number of hydrogen-bond donors (Lipinski definition) is 1. The number of benzene rings is 4. The fraction of sp³-hybridized carbons (Fsp3) is 0.129. The van der Waals surface area contributed by atoms with Crippen LogP contribution in [0.1, 0.15) is 29.8 Å². The zero-order chi connectivity index (χ0) is 26.9. The van der Waals surface area contributed by atoms with Gasteiger partial charge in [0.05, 0.1) is 11.1 Å². The minimum Gasteiger partial charge on any atom is -0.452 e. The third-order valence-electron chi connectivity index (χ3n) is 5.65. The Bertz CT molecular complexity index is 1450. The van der Waals surface area contributed by atoms with E-state index in [0.717, 1.165) is 16.3 Å². The second-order valence-corrected chi connectivity index (χ2v) is 9.76. The molecular weight excluding hydrogens is 494 g/mol. The highest BCUT2D eigenvalue weighted by atomic mass is 32.2. The Morgan fingerprint density at radius 1 is 0.842 bits per heavy atom. The fourth-order valence-corrected chi connectivity index (χ4v) is 4.95. The number of carbonyl (C=O) groups excluding carboxylic acids is 2. The number of hydrogen-bond acceptors (Lipinski definition) is 6. The third-order valence-corrected chi connectivity index (χ3v) is 6.80. The lowest BCUT2D eigenvalue weighted by atomic mass is 10.2. The molecule has 0 aromatic heterocycles. The van der Waals surface area contributed by atoms with Crippen LogP contribution >= 0.6 is 11.8 Å². The molecule has 1 N–H and O–H groups in total. The van der Waals surface area contributed by atoms with Crippen LogP contribution < -0.4 is 10.2 Å². The number of amides is 1.